The molecule has 6 atom stereocenters. The van der Waals surface area contributed by atoms with E-state index in [9.17, 15) is 19.8 Å². The summed E-state index contributed by atoms with van der Waals surface area (Å²) in [7, 11) is 0. The van der Waals surface area contributed by atoms with Crippen LogP contribution in [0.2, 0.25) is 0 Å². The zero-order chi connectivity index (χ0) is 14.1. The second-order valence-corrected chi connectivity index (χ2v) is 6.51. The highest BCUT2D eigenvalue weighted by atomic mass is 16.3. The van der Waals surface area contributed by atoms with Crippen LogP contribution in [0.25, 0.3) is 0 Å². The van der Waals surface area contributed by atoms with Crippen molar-refractivity contribution in [3.63, 3.8) is 0 Å². The fraction of sp³-hybridized carbons (Fsp3) is 0.733. The first-order valence-corrected chi connectivity index (χ1v) is 7.02. The van der Waals surface area contributed by atoms with Crippen LogP contribution in [0.3, 0.4) is 0 Å². The topological polar surface area (TPSA) is 74.6 Å². The molecule has 1 spiro atoms. The Morgan fingerprint density at radius 2 is 1.84 bits per heavy atom. The zero-order valence-electron chi connectivity index (χ0n) is 11.5. The molecule has 4 heteroatoms. The van der Waals surface area contributed by atoms with Gasteiger partial charge in [-0.2, -0.15) is 0 Å². The Bertz CT molecular complexity index is 506. The average molecular weight is 264 g/mol. The second kappa shape index (κ2) is 3.69. The Hall–Kier alpha value is -1.16. The lowest BCUT2D eigenvalue weighted by Gasteiger charge is -2.51. The maximum atomic E-state index is 12.8. The number of carbonyl (C=O) groups excluding carboxylic acids is 2. The smallest absolute Gasteiger partial charge is 0.211 e. The Morgan fingerprint density at radius 1 is 1.21 bits per heavy atom. The first-order valence-electron chi connectivity index (χ1n) is 7.02. The Kier molecular flexibility index (Phi) is 2.50. The van der Waals surface area contributed by atoms with Gasteiger partial charge >= 0.3 is 0 Å². The van der Waals surface area contributed by atoms with Crippen molar-refractivity contribution < 1.29 is 19.8 Å². The van der Waals surface area contributed by atoms with E-state index in [0.29, 0.717) is 5.57 Å². The molecule has 0 saturated heterocycles. The molecule has 2 bridgehead atoms. The van der Waals surface area contributed by atoms with Crippen molar-refractivity contribution in [1.82, 2.24) is 0 Å². The number of rotatable bonds is 0. The molecule has 0 heterocycles. The second-order valence-electron chi connectivity index (χ2n) is 6.51. The summed E-state index contributed by atoms with van der Waals surface area (Å²) in [5, 5.41) is 20.5. The van der Waals surface area contributed by atoms with Crippen LogP contribution < -0.4 is 0 Å². The molecule has 19 heavy (non-hydrogen) atoms. The van der Waals surface area contributed by atoms with Gasteiger partial charge in [-0.05, 0) is 43.1 Å². The van der Waals surface area contributed by atoms with Crippen LogP contribution in [0.15, 0.2) is 11.3 Å². The molecule has 2 saturated carbocycles. The molecule has 0 radical (unpaired) electrons. The van der Waals surface area contributed by atoms with Gasteiger partial charge in [-0.3, -0.25) is 9.59 Å². The SMILES string of the molecule is CC1=C(O)C(=O)[C@]23C(=O)[C@H]1[C@H](O)[C@@H](C)[C@H]2CC[C@H]3C. The minimum Gasteiger partial charge on any atom is -0.504 e. The van der Waals surface area contributed by atoms with Crippen molar-refractivity contribution in [2.75, 3.05) is 0 Å². The van der Waals surface area contributed by atoms with Gasteiger partial charge in [-0.1, -0.05) is 13.8 Å². The first-order chi connectivity index (χ1) is 8.85. The van der Waals surface area contributed by atoms with Crippen LogP contribution in [0, 0.1) is 29.1 Å². The summed E-state index contributed by atoms with van der Waals surface area (Å²) in [6, 6.07) is 0. The number of aliphatic hydroxyl groups excluding tert-OH is 2. The first kappa shape index (κ1) is 12.9. The largest absolute Gasteiger partial charge is 0.504 e. The molecule has 0 aromatic carbocycles. The number of hydrogen-bond acceptors (Lipinski definition) is 4. The van der Waals surface area contributed by atoms with Gasteiger partial charge in [0.2, 0.25) is 5.78 Å². The highest BCUT2D eigenvalue weighted by Gasteiger charge is 2.69. The predicted molar refractivity (Wildman–Crippen MR) is 68.3 cm³/mol. The minimum absolute atomic E-state index is 0.0507. The molecule has 3 rings (SSSR count). The standard InChI is InChI=1S/C15H20O4/c1-6-4-5-9-7(2)11(16)10-8(3)12(17)14(19)15(6,9)13(10)18/h6-7,9-11,16-17H,4-5H2,1-3H3/t6-,7+,9-,10-,11-,15+/m1/s1. The Morgan fingerprint density at radius 3 is 2.47 bits per heavy atom. The number of hydrogen-bond donors (Lipinski definition) is 2. The molecule has 0 amide bonds. The van der Waals surface area contributed by atoms with E-state index in [1.165, 1.54) is 0 Å². The van der Waals surface area contributed by atoms with Gasteiger partial charge in [-0.25, -0.2) is 0 Å². The van der Waals surface area contributed by atoms with E-state index in [1.54, 1.807) is 6.92 Å². The van der Waals surface area contributed by atoms with Crippen LogP contribution in [0.5, 0.6) is 0 Å². The van der Waals surface area contributed by atoms with E-state index < -0.39 is 23.2 Å². The monoisotopic (exact) mass is 264 g/mol. The van der Waals surface area contributed by atoms with Gasteiger partial charge in [0.05, 0.1) is 12.0 Å². The van der Waals surface area contributed by atoms with E-state index in [0.717, 1.165) is 12.8 Å². The molecule has 104 valence electrons. The van der Waals surface area contributed by atoms with Crippen molar-refractivity contribution in [2.24, 2.45) is 29.1 Å². The van der Waals surface area contributed by atoms with Crippen LogP contribution in [0.4, 0.5) is 0 Å². The molecule has 0 aromatic rings. The lowest BCUT2D eigenvalue weighted by Crippen LogP contribution is -2.62. The van der Waals surface area contributed by atoms with E-state index in [1.807, 2.05) is 13.8 Å². The van der Waals surface area contributed by atoms with E-state index >= 15 is 0 Å². The molecule has 3 aliphatic rings. The Labute approximate surface area is 112 Å². The number of carbonyl (C=O) groups is 2. The number of ketones is 2. The van der Waals surface area contributed by atoms with Gasteiger partial charge in [0.1, 0.15) is 5.41 Å². The van der Waals surface area contributed by atoms with Crippen molar-refractivity contribution in [3.8, 4) is 0 Å². The molecule has 3 aliphatic carbocycles. The summed E-state index contributed by atoms with van der Waals surface area (Å²) in [6.07, 6.45) is 0.792. The van der Waals surface area contributed by atoms with Crippen LogP contribution >= 0.6 is 0 Å². The van der Waals surface area contributed by atoms with Crippen molar-refractivity contribution >= 4 is 11.6 Å². The van der Waals surface area contributed by atoms with Gasteiger partial charge in [0.25, 0.3) is 0 Å². The number of allylic oxidation sites excluding steroid dienone is 1. The fourth-order valence-corrected chi connectivity index (χ4v) is 4.79. The third-order valence-electron chi connectivity index (χ3n) is 5.91. The third kappa shape index (κ3) is 1.19. The summed E-state index contributed by atoms with van der Waals surface area (Å²) in [6.45, 7) is 5.42. The van der Waals surface area contributed by atoms with E-state index in [-0.39, 0.29) is 29.3 Å². The maximum absolute atomic E-state index is 12.8. The van der Waals surface area contributed by atoms with Crippen molar-refractivity contribution in [1.29, 1.82) is 0 Å². The highest BCUT2D eigenvalue weighted by molar-refractivity contribution is 6.19. The van der Waals surface area contributed by atoms with Crippen LogP contribution in [0.1, 0.15) is 33.6 Å². The lowest BCUT2D eigenvalue weighted by atomic mass is 9.50. The molecular formula is C15H20O4. The molecule has 2 N–H and O–H groups in total. The molecule has 2 fully saturated rings. The highest BCUT2D eigenvalue weighted by Crippen LogP contribution is 2.61. The summed E-state index contributed by atoms with van der Waals surface area (Å²) in [4.78, 5) is 25.4. The van der Waals surface area contributed by atoms with Crippen LogP contribution in [-0.2, 0) is 9.59 Å². The normalized spacial score (nSPS) is 49.6. The molecule has 4 nitrogen and oxygen atoms in total. The molecule has 0 unspecified atom stereocenters. The van der Waals surface area contributed by atoms with Gasteiger partial charge in [0.15, 0.2) is 11.5 Å². The van der Waals surface area contributed by atoms with Gasteiger partial charge < -0.3 is 10.2 Å². The summed E-state index contributed by atoms with van der Waals surface area (Å²) < 4.78 is 0. The van der Waals surface area contributed by atoms with E-state index in [2.05, 4.69) is 0 Å². The lowest BCUT2D eigenvalue weighted by molar-refractivity contribution is -0.164. The third-order valence-corrected chi connectivity index (χ3v) is 5.91. The summed E-state index contributed by atoms with van der Waals surface area (Å²) in [5.74, 6) is -1.82. The summed E-state index contributed by atoms with van der Waals surface area (Å²) in [5.41, 5.74) is -0.732. The molecule has 0 aliphatic heterocycles. The number of fused-ring (bicyclic) bond motifs is 1. The van der Waals surface area contributed by atoms with Crippen molar-refractivity contribution in [2.45, 2.75) is 39.7 Å². The van der Waals surface area contributed by atoms with Crippen molar-refractivity contribution in [3.05, 3.63) is 11.3 Å². The Balaban J connectivity index is 2.29. The zero-order valence-corrected chi connectivity index (χ0v) is 11.5. The fourth-order valence-electron chi connectivity index (χ4n) is 4.79. The van der Waals surface area contributed by atoms with Crippen LogP contribution in [-0.4, -0.2) is 27.9 Å². The summed E-state index contributed by atoms with van der Waals surface area (Å²) >= 11 is 0. The predicted octanol–water partition coefficient (Wildman–Crippen LogP) is 1.63. The average Bonchev–Trinajstić information content (AvgIpc) is 2.72. The van der Waals surface area contributed by atoms with Gasteiger partial charge in [0, 0.05) is 0 Å². The minimum atomic E-state index is -1.08. The molecule has 0 aromatic heterocycles. The number of aliphatic hydroxyl groups is 2. The maximum Gasteiger partial charge on any atom is 0.211 e. The molecular weight excluding hydrogens is 244 g/mol. The van der Waals surface area contributed by atoms with E-state index in [4.69, 9.17) is 0 Å². The van der Waals surface area contributed by atoms with Gasteiger partial charge in [-0.15, -0.1) is 0 Å². The number of Topliss-reactive ketones (excluding diaryl/α,β-unsaturated/α-hetero) is 2. The quantitative estimate of drug-likeness (QED) is 0.652.